The molecule has 2 rings (SSSR count). The van der Waals surface area contributed by atoms with Gasteiger partial charge in [-0.15, -0.1) is 0 Å². The second-order valence-electron chi connectivity index (χ2n) is 4.11. The molecule has 8 nitrogen and oxygen atoms in total. The van der Waals surface area contributed by atoms with E-state index >= 15 is 0 Å². The van der Waals surface area contributed by atoms with E-state index in [1.54, 1.807) is 19.6 Å². The van der Waals surface area contributed by atoms with Gasteiger partial charge >= 0.3 is 5.69 Å². The summed E-state index contributed by atoms with van der Waals surface area (Å²) < 4.78 is 3.42. The second kappa shape index (κ2) is 5.51. The van der Waals surface area contributed by atoms with Crippen molar-refractivity contribution < 1.29 is 4.92 Å². The maximum Gasteiger partial charge on any atom is 0.333 e. The Hall–Kier alpha value is -2.38. The van der Waals surface area contributed by atoms with E-state index in [1.165, 1.54) is 4.68 Å². The van der Waals surface area contributed by atoms with Crippen LogP contribution in [0.15, 0.2) is 18.7 Å². The molecular weight excluding hydrogens is 248 g/mol. The van der Waals surface area contributed by atoms with Crippen molar-refractivity contribution in [1.82, 2.24) is 19.3 Å². The summed E-state index contributed by atoms with van der Waals surface area (Å²) in [4.78, 5) is 14.7. The van der Waals surface area contributed by atoms with Gasteiger partial charge in [0.2, 0.25) is 5.82 Å². The quantitative estimate of drug-likeness (QED) is 0.625. The fraction of sp³-hybridized carbons (Fsp3) is 0.455. The van der Waals surface area contributed by atoms with Crippen LogP contribution in [0.1, 0.15) is 12.6 Å². The molecule has 2 aromatic rings. The third kappa shape index (κ3) is 2.72. The van der Waals surface area contributed by atoms with Crippen LogP contribution in [0, 0.1) is 10.1 Å². The Morgan fingerprint density at radius 1 is 1.53 bits per heavy atom. The predicted octanol–water partition coefficient (Wildman–Crippen LogP) is 1.20. The number of nitrogens with one attached hydrogen (secondary N) is 1. The number of anilines is 1. The van der Waals surface area contributed by atoms with Crippen LogP contribution < -0.4 is 5.32 Å². The highest BCUT2D eigenvalue weighted by molar-refractivity contribution is 5.59. The summed E-state index contributed by atoms with van der Waals surface area (Å²) >= 11 is 0. The lowest BCUT2D eigenvalue weighted by Gasteiger charge is -2.06. The molecule has 19 heavy (non-hydrogen) atoms. The molecular formula is C11H16N6O2. The summed E-state index contributed by atoms with van der Waals surface area (Å²) in [5.74, 6) is 0.446. The number of nitro groups is 1. The number of rotatable bonds is 6. The number of nitrogens with zero attached hydrogens (tertiary/aromatic N) is 5. The molecule has 0 saturated carbocycles. The van der Waals surface area contributed by atoms with Crippen molar-refractivity contribution in [3.8, 4) is 0 Å². The van der Waals surface area contributed by atoms with Crippen LogP contribution in [-0.4, -0.2) is 30.8 Å². The van der Waals surface area contributed by atoms with Crippen molar-refractivity contribution in [2.45, 2.75) is 19.9 Å². The SMILES string of the molecule is CCc1nn(C)c(NCCn2ccnc2)c1[N+](=O)[O-]. The summed E-state index contributed by atoms with van der Waals surface area (Å²) in [7, 11) is 1.70. The van der Waals surface area contributed by atoms with Gasteiger partial charge in [0.05, 0.1) is 11.3 Å². The van der Waals surface area contributed by atoms with Gasteiger partial charge in [0.15, 0.2) is 0 Å². The molecule has 0 aliphatic rings. The molecule has 0 atom stereocenters. The summed E-state index contributed by atoms with van der Waals surface area (Å²) in [5, 5.41) is 18.3. The van der Waals surface area contributed by atoms with Gasteiger partial charge in [-0.05, 0) is 6.42 Å². The monoisotopic (exact) mass is 264 g/mol. The van der Waals surface area contributed by atoms with Crippen LogP contribution in [0.3, 0.4) is 0 Å². The van der Waals surface area contributed by atoms with Crippen molar-refractivity contribution in [3.63, 3.8) is 0 Å². The Balaban J connectivity index is 2.10. The lowest BCUT2D eigenvalue weighted by atomic mass is 10.3. The smallest absolute Gasteiger partial charge is 0.333 e. The van der Waals surface area contributed by atoms with Crippen molar-refractivity contribution in [3.05, 3.63) is 34.5 Å². The highest BCUT2D eigenvalue weighted by Crippen LogP contribution is 2.28. The van der Waals surface area contributed by atoms with Crippen LogP contribution in [0.2, 0.25) is 0 Å². The maximum atomic E-state index is 11.1. The first-order chi connectivity index (χ1) is 9.13. The minimum atomic E-state index is -0.384. The van der Waals surface area contributed by atoms with Gasteiger partial charge in [0, 0.05) is 32.5 Å². The fourth-order valence-electron chi connectivity index (χ4n) is 1.92. The third-order valence-electron chi connectivity index (χ3n) is 2.83. The molecule has 0 radical (unpaired) electrons. The molecule has 102 valence electrons. The van der Waals surface area contributed by atoms with E-state index in [-0.39, 0.29) is 10.6 Å². The molecule has 0 bridgehead atoms. The fourth-order valence-corrected chi connectivity index (χ4v) is 1.92. The first kappa shape index (κ1) is 13.1. The molecule has 0 spiro atoms. The molecule has 8 heteroatoms. The second-order valence-corrected chi connectivity index (χ2v) is 4.11. The van der Waals surface area contributed by atoms with E-state index in [0.717, 1.165) is 0 Å². The molecule has 0 aromatic carbocycles. The van der Waals surface area contributed by atoms with Crippen LogP contribution in [0.5, 0.6) is 0 Å². The number of aromatic nitrogens is 4. The zero-order valence-electron chi connectivity index (χ0n) is 10.9. The lowest BCUT2D eigenvalue weighted by molar-refractivity contribution is -0.384. The van der Waals surface area contributed by atoms with Crippen molar-refractivity contribution in [1.29, 1.82) is 0 Å². The third-order valence-corrected chi connectivity index (χ3v) is 2.83. The summed E-state index contributed by atoms with van der Waals surface area (Å²) in [6.07, 6.45) is 5.78. The number of imidazole rings is 1. The molecule has 0 fully saturated rings. The van der Waals surface area contributed by atoms with E-state index in [4.69, 9.17) is 0 Å². The highest BCUT2D eigenvalue weighted by Gasteiger charge is 2.25. The Morgan fingerprint density at radius 2 is 2.32 bits per heavy atom. The van der Waals surface area contributed by atoms with Gasteiger partial charge in [0.25, 0.3) is 0 Å². The first-order valence-electron chi connectivity index (χ1n) is 6.03. The van der Waals surface area contributed by atoms with Crippen LogP contribution in [0.25, 0.3) is 0 Å². The summed E-state index contributed by atoms with van der Waals surface area (Å²) in [6.45, 7) is 3.11. The van der Waals surface area contributed by atoms with Gasteiger partial charge in [-0.1, -0.05) is 6.92 Å². The van der Waals surface area contributed by atoms with Crippen LogP contribution >= 0.6 is 0 Å². The molecule has 2 aromatic heterocycles. The van der Waals surface area contributed by atoms with Gasteiger partial charge < -0.3 is 9.88 Å². The maximum absolute atomic E-state index is 11.1. The molecule has 1 N–H and O–H groups in total. The van der Waals surface area contributed by atoms with Gasteiger partial charge in [0.1, 0.15) is 5.69 Å². The topological polar surface area (TPSA) is 90.8 Å². The minimum absolute atomic E-state index is 0.0654. The molecule has 2 heterocycles. The average Bonchev–Trinajstić information content (AvgIpc) is 2.97. The van der Waals surface area contributed by atoms with Gasteiger partial charge in [-0.3, -0.25) is 10.1 Å². The Kier molecular flexibility index (Phi) is 3.79. The summed E-state index contributed by atoms with van der Waals surface area (Å²) in [5.41, 5.74) is 0.563. The van der Waals surface area contributed by atoms with Crippen LogP contribution in [0.4, 0.5) is 11.5 Å². The van der Waals surface area contributed by atoms with E-state index in [9.17, 15) is 10.1 Å². The van der Waals surface area contributed by atoms with Gasteiger partial charge in [-0.2, -0.15) is 5.10 Å². The van der Waals surface area contributed by atoms with E-state index in [1.807, 2.05) is 17.7 Å². The zero-order chi connectivity index (χ0) is 13.8. The lowest BCUT2D eigenvalue weighted by Crippen LogP contribution is -2.12. The molecule has 0 aliphatic carbocycles. The van der Waals surface area contributed by atoms with Crippen molar-refractivity contribution in [2.75, 3.05) is 11.9 Å². The van der Waals surface area contributed by atoms with Crippen LogP contribution in [-0.2, 0) is 20.0 Å². The average molecular weight is 264 g/mol. The molecule has 0 saturated heterocycles. The zero-order valence-corrected chi connectivity index (χ0v) is 10.9. The largest absolute Gasteiger partial charge is 0.363 e. The van der Waals surface area contributed by atoms with Gasteiger partial charge in [-0.25, -0.2) is 9.67 Å². The number of hydrogen-bond donors (Lipinski definition) is 1. The molecule has 0 amide bonds. The van der Waals surface area contributed by atoms with E-state index in [2.05, 4.69) is 15.4 Å². The van der Waals surface area contributed by atoms with Crippen molar-refractivity contribution in [2.24, 2.45) is 7.05 Å². The van der Waals surface area contributed by atoms with E-state index < -0.39 is 0 Å². The van der Waals surface area contributed by atoms with E-state index in [0.29, 0.717) is 31.0 Å². The summed E-state index contributed by atoms with van der Waals surface area (Å²) in [6, 6.07) is 0. The minimum Gasteiger partial charge on any atom is -0.363 e. The Labute approximate surface area is 110 Å². The number of aryl methyl sites for hydroxylation is 2. The predicted molar refractivity (Wildman–Crippen MR) is 70.0 cm³/mol. The standard InChI is InChI=1S/C11H16N6O2/c1-3-9-10(17(18)19)11(15(2)14-9)13-5-7-16-6-4-12-8-16/h4,6,8,13H,3,5,7H2,1-2H3. The number of hydrogen-bond acceptors (Lipinski definition) is 5. The highest BCUT2D eigenvalue weighted by atomic mass is 16.6. The molecule has 0 aliphatic heterocycles. The normalized spacial score (nSPS) is 10.6. The first-order valence-corrected chi connectivity index (χ1v) is 6.03. The van der Waals surface area contributed by atoms with Crippen molar-refractivity contribution >= 4 is 11.5 Å². The Bertz CT molecular complexity index is 560. The Morgan fingerprint density at radius 3 is 2.89 bits per heavy atom. The molecule has 0 unspecified atom stereocenters.